The van der Waals surface area contributed by atoms with Crippen molar-refractivity contribution in [1.29, 1.82) is 0 Å². The second-order valence-electron chi connectivity index (χ2n) is 3.95. The molecule has 0 unspecified atom stereocenters. The summed E-state index contributed by atoms with van der Waals surface area (Å²) in [6.07, 6.45) is 1.24. The van der Waals surface area contributed by atoms with Gasteiger partial charge in [0.1, 0.15) is 0 Å². The van der Waals surface area contributed by atoms with E-state index in [0.717, 1.165) is 15.2 Å². The number of hydrogen-bond donors (Lipinski definition) is 1. The third-order valence-corrected chi connectivity index (χ3v) is 3.54. The fourth-order valence-corrected chi connectivity index (χ4v) is 2.47. The summed E-state index contributed by atoms with van der Waals surface area (Å²) in [5, 5.41) is 18.6. The number of hydrogen-bond acceptors (Lipinski definition) is 3. The van der Waals surface area contributed by atoms with Crippen LogP contribution in [0.5, 0.6) is 0 Å². The summed E-state index contributed by atoms with van der Waals surface area (Å²) in [6.45, 7) is 0. The third-order valence-electron chi connectivity index (χ3n) is 2.84. The number of carboxylic acids is 1. The van der Waals surface area contributed by atoms with Crippen LogP contribution in [0.2, 0.25) is 0 Å². The maximum atomic E-state index is 11.1. The van der Waals surface area contributed by atoms with Crippen LogP contribution < -0.4 is 0 Å². The van der Waals surface area contributed by atoms with Crippen molar-refractivity contribution in [2.24, 2.45) is 0 Å². The Morgan fingerprint density at radius 3 is 2.63 bits per heavy atom. The molecular formula is C13H8BrN3O2. The lowest BCUT2D eigenvalue weighted by Gasteiger charge is -2.08. The summed E-state index contributed by atoms with van der Waals surface area (Å²) < 4.78 is 2.28. The lowest BCUT2D eigenvalue weighted by molar-refractivity contribution is 0.0687. The molecule has 3 rings (SSSR count). The molecule has 0 saturated carbocycles. The Hall–Kier alpha value is -2.21. The highest BCUT2D eigenvalue weighted by atomic mass is 79.9. The molecule has 94 valence electrons. The van der Waals surface area contributed by atoms with Gasteiger partial charge in [-0.2, -0.15) is 0 Å². The van der Waals surface area contributed by atoms with Gasteiger partial charge in [0.05, 0.1) is 11.9 Å². The largest absolute Gasteiger partial charge is 0.476 e. The van der Waals surface area contributed by atoms with Gasteiger partial charge >= 0.3 is 5.97 Å². The van der Waals surface area contributed by atoms with Crippen molar-refractivity contribution in [3.8, 4) is 5.69 Å². The van der Waals surface area contributed by atoms with E-state index in [9.17, 15) is 4.79 Å². The fourth-order valence-electron chi connectivity index (χ4n) is 1.99. The molecule has 0 radical (unpaired) electrons. The number of carboxylic acid groups (broad SMARTS) is 1. The molecule has 0 bridgehead atoms. The summed E-state index contributed by atoms with van der Waals surface area (Å²) >= 11 is 3.48. The normalized spacial score (nSPS) is 10.8. The zero-order valence-corrected chi connectivity index (χ0v) is 11.2. The molecule has 0 aliphatic rings. The van der Waals surface area contributed by atoms with Gasteiger partial charge in [0.15, 0.2) is 5.69 Å². The van der Waals surface area contributed by atoms with E-state index in [0.29, 0.717) is 5.69 Å². The van der Waals surface area contributed by atoms with Crippen LogP contribution in [0.3, 0.4) is 0 Å². The highest BCUT2D eigenvalue weighted by Crippen LogP contribution is 2.29. The summed E-state index contributed by atoms with van der Waals surface area (Å²) in [4.78, 5) is 11.1. The minimum atomic E-state index is -1.06. The van der Waals surface area contributed by atoms with Crippen LogP contribution in [0.25, 0.3) is 16.5 Å². The van der Waals surface area contributed by atoms with Gasteiger partial charge in [0.25, 0.3) is 0 Å². The van der Waals surface area contributed by atoms with Gasteiger partial charge in [0.2, 0.25) is 0 Å². The van der Waals surface area contributed by atoms with Crippen LogP contribution in [0, 0.1) is 0 Å². The number of rotatable bonds is 2. The SMILES string of the molecule is O=C(O)c1cnnn1-c1ccc(Br)c2ccccc12. The van der Waals surface area contributed by atoms with Crippen LogP contribution in [0.1, 0.15) is 10.5 Å². The van der Waals surface area contributed by atoms with Crippen LogP contribution in [0.15, 0.2) is 47.1 Å². The maximum absolute atomic E-state index is 11.1. The Morgan fingerprint density at radius 1 is 1.16 bits per heavy atom. The van der Waals surface area contributed by atoms with E-state index < -0.39 is 5.97 Å². The van der Waals surface area contributed by atoms with Crippen molar-refractivity contribution in [3.63, 3.8) is 0 Å². The average Bonchev–Trinajstić information content (AvgIpc) is 2.89. The zero-order valence-electron chi connectivity index (χ0n) is 9.62. The molecule has 0 atom stereocenters. The summed E-state index contributed by atoms with van der Waals surface area (Å²) in [7, 11) is 0. The van der Waals surface area contributed by atoms with Gasteiger partial charge in [-0.1, -0.05) is 45.4 Å². The molecule has 1 N–H and O–H groups in total. The maximum Gasteiger partial charge on any atom is 0.356 e. The van der Waals surface area contributed by atoms with E-state index in [4.69, 9.17) is 5.11 Å². The second-order valence-corrected chi connectivity index (χ2v) is 4.80. The molecule has 3 aromatic rings. The first kappa shape index (κ1) is 11.9. The lowest BCUT2D eigenvalue weighted by atomic mass is 10.1. The minimum Gasteiger partial charge on any atom is -0.476 e. The van der Waals surface area contributed by atoms with Crippen molar-refractivity contribution in [2.45, 2.75) is 0 Å². The number of fused-ring (bicyclic) bond motifs is 1. The van der Waals surface area contributed by atoms with Crippen molar-refractivity contribution >= 4 is 32.7 Å². The first-order valence-electron chi connectivity index (χ1n) is 5.50. The highest BCUT2D eigenvalue weighted by Gasteiger charge is 2.15. The Kier molecular flexibility index (Phi) is 2.79. The van der Waals surface area contributed by atoms with E-state index in [1.54, 1.807) is 0 Å². The Labute approximate surface area is 116 Å². The van der Waals surface area contributed by atoms with Gasteiger partial charge in [0, 0.05) is 9.86 Å². The van der Waals surface area contributed by atoms with E-state index in [2.05, 4.69) is 26.2 Å². The van der Waals surface area contributed by atoms with Crippen molar-refractivity contribution in [2.75, 3.05) is 0 Å². The summed E-state index contributed by atoms with van der Waals surface area (Å²) in [5.41, 5.74) is 0.723. The van der Waals surface area contributed by atoms with Gasteiger partial charge in [-0.25, -0.2) is 9.48 Å². The number of aromatic carboxylic acids is 1. The predicted octanol–water partition coefficient (Wildman–Crippen LogP) is 2.88. The van der Waals surface area contributed by atoms with Gasteiger partial charge in [-0.05, 0) is 17.5 Å². The number of carbonyl (C=O) groups is 1. The minimum absolute atomic E-state index is 0.0347. The average molecular weight is 318 g/mol. The molecule has 0 saturated heterocycles. The van der Waals surface area contributed by atoms with Crippen LogP contribution in [0.4, 0.5) is 0 Å². The molecule has 5 nitrogen and oxygen atoms in total. The fraction of sp³-hybridized carbons (Fsp3) is 0. The predicted molar refractivity (Wildman–Crippen MR) is 73.5 cm³/mol. The van der Waals surface area contributed by atoms with Crippen molar-refractivity contribution in [1.82, 2.24) is 15.0 Å². The monoisotopic (exact) mass is 317 g/mol. The molecule has 19 heavy (non-hydrogen) atoms. The summed E-state index contributed by atoms with van der Waals surface area (Å²) in [6, 6.07) is 11.4. The summed E-state index contributed by atoms with van der Waals surface area (Å²) in [5.74, 6) is -1.06. The molecule has 6 heteroatoms. The number of benzene rings is 2. The molecular weight excluding hydrogens is 310 g/mol. The van der Waals surface area contributed by atoms with Crippen molar-refractivity contribution in [3.05, 3.63) is 52.8 Å². The van der Waals surface area contributed by atoms with Crippen LogP contribution >= 0.6 is 15.9 Å². The van der Waals surface area contributed by atoms with Crippen LogP contribution in [-0.4, -0.2) is 26.1 Å². The van der Waals surface area contributed by atoms with E-state index in [-0.39, 0.29) is 5.69 Å². The molecule has 0 aliphatic heterocycles. The molecule has 0 spiro atoms. The van der Waals surface area contributed by atoms with Crippen molar-refractivity contribution < 1.29 is 9.90 Å². The Bertz CT molecular complexity index is 782. The first-order valence-corrected chi connectivity index (χ1v) is 6.29. The molecule has 0 amide bonds. The Morgan fingerprint density at radius 2 is 1.89 bits per heavy atom. The molecule has 0 aliphatic carbocycles. The Balaban J connectivity index is 2.35. The lowest BCUT2D eigenvalue weighted by Crippen LogP contribution is -2.08. The zero-order chi connectivity index (χ0) is 13.4. The van der Waals surface area contributed by atoms with Gasteiger partial charge in [-0.15, -0.1) is 5.10 Å². The number of aromatic nitrogens is 3. The molecule has 1 heterocycles. The molecule has 1 aromatic heterocycles. The number of halogens is 1. The topological polar surface area (TPSA) is 68.0 Å². The standard InChI is InChI=1S/C13H8BrN3O2/c14-10-5-6-11(9-4-2-1-3-8(9)10)17-12(13(18)19)7-15-16-17/h1-7H,(H,18,19). The second kappa shape index (κ2) is 4.47. The van der Waals surface area contributed by atoms with Gasteiger partial charge in [-0.3, -0.25) is 0 Å². The quantitative estimate of drug-likeness (QED) is 0.789. The van der Waals surface area contributed by atoms with E-state index in [1.165, 1.54) is 10.9 Å². The number of nitrogens with zero attached hydrogens (tertiary/aromatic N) is 3. The first-order chi connectivity index (χ1) is 9.18. The van der Waals surface area contributed by atoms with E-state index >= 15 is 0 Å². The van der Waals surface area contributed by atoms with Crippen LogP contribution in [-0.2, 0) is 0 Å². The highest BCUT2D eigenvalue weighted by molar-refractivity contribution is 9.10. The van der Waals surface area contributed by atoms with Gasteiger partial charge < -0.3 is 5.11 Å². The van der Waals surface area contributed by atoms with E-state index in [1.807, 2.05) is 36.4 Å². The smallest absolute Gasteiger partial charge is 0.356 e. The molecule has 0 fully saturated rings. The third kappa shape index (κ3) is 1.90. The molecule has 2 aromatic carbocycles.